The van der Waals surface area contributed by atoms with Crippen molar-refractivity contribution in [3.05, 3.63) is 12.4 Å². The zero-order chi connectivity index (χ0) is 11.5. The van der Waals surface area contributed by atoms with Gasteiger partial charge in [-0.05, 0) is 19.8 Å². The van der Waals surface area contributed by atoms with Gasteiger partial charge in [-0.15, -0.1) is 0 Å². The molecule has 1 heterocycles. The number of nitrogens with one attached hydrogen (secondary N) is 2. The number of hydrogen-bond acceptors (Lipinski definition) is 5. The average molecular weight is 221 g/mol. The van der Waals surface area contributed by atoms with Crippen LogP contribution in [0.3, 0.4) is 0 Å². The molecule has 1 fully saturated rings. The van der Waals surface area contributed by atoms with Crippen LogP contribution >= 0.6 is 0 Å². The summed E-state index contributed by atoms with van der Waals surface area (Å²) in [5, 5.41) is 5.88. The van der Waals surface area contributed by atoms with Gasteiger partial charge in [0.15, 0.2) is 0 Å². The van der Waals surface area contributed by atoms with Crippen molar-refractivity contribution in [1.29, 1.82) is 0 Å². The highest BCUT2D eigenvalue weighted by Crippen LogP contribution is 2.18. The minimum Gasteiger partial charge on any atom is -0.384 e. The molecule has 6 heteroatoms. The second-order valence-corrected chi connectivity index (χ2v) is 3.98. The highest BCUT2D eigenvalue weighted by atomic mass is 16.2. The Morgan fingerprint density at radius 3 is 2.94 bits per heavy atom. The van der Waals surface area contributed by atoms with E-state index in [1.807, 2.05) is 0 Å². The van der Waals surface area contributed by atoms with Gasteiger partial charge in [-0.3, -0.25) is 4.79 Å². The van der Waals surface area contributed by atoms with Crippen molar-refractivity contribution >= 4 is 17.5 Å². The minimum atomic E-state index is -0.324. The fourth-order valence-corrected chi connectivity index (χ4v) is 1.29. The molecule has 1 aromatic heterocycles. The number of carbonyl (C=O) groups excluding carboxylic acids is 1. The topological polar surface area (TPSA) is 92.9 Å². The van der Waals surface area contributed by atoms with E-state index in [2.05, 4.69) is 20.6 Å². The first-order chi connectivity index (χ1) is 7.65. The molecule has 0 aromatic carbocycles. The van der Waals surface area contributed by atoms with Crippen LogP contribution in [0.25, 0.3) is 0 Å². The number of carbonyl (C=O) groups is 1. The lowest BCUT2D eigenvalue weighted by atomic mass is 10.3. The predicted octanol–water partition coefficient (Wildman–Crippen LogP) is 0.138. The number of rotatable bonds is 4. The molecular weight excluding hydrogens is 206 g/mol. The number of amides is 1. The first-order valence-corrected chi connectivity index (χ1v) is 5.29. The molecule has 86 valence electrons. The van der Waals surface area contributed by atoms with Gasteiger partial charge < -0.3 is 16.4 Å². The zero-order valence-corrected chi connectivity index (χ0v) is 9.10. The van der Waals surface area contributed by atoms with Crippen LogP contribution in [0.2, 0.25) is 0 Å². The Hall–Kier alpha value is -1.85. The first kappa shape index (κ1) is 10.7. The molecule has 4 N–H and O–H groups in total. The van der Waals surface area contributed by atoms with Gasteiger partial charge in [-0.2, -0.15) is 0 Å². The normalized spacial score (nSPS) is 16.6. The van der Waals surface area contributed by atoms with Crippen molar-refractivity contribution in [1.82, 2.24) is 15.3 Å². The molecule has 0 spiro atoms. The SMILES string of the molecule is CC(Nc1cc(N)ncn1)C(=O)NC1CC1. The van der Waals surface area contributed by atoms with Crippen molar-refractivity contribution in [2.45, 2.75) is 31.8 Å². The van der Waals surface area contributed by atoms with Gasteiger partial charge in [0.25, 0.3) is 0 Å². The number of aromatic nitrogens is 2. The molecule has 0 aliphatic heterocycles. The number of nitrogen functional groups attached to an aromatic ring is 1. The lowest BCUT2D eigenvalue weighted by Crippen LogP contribution is -2.38. The van der Waals surface area contributed by atoms with E-state index in [1.165, 1.54) is 6.33 Å². The Kier molecular flexibility index (Phi) is 2.89. The molecule has 1 aromatic rings. The van der Waals surface area contributed by atoms with Gasteiger partial charge in [-0.1, -0.05) is 0 Å². The van der Waals surface area contributed by atoms with Gasteiger partial charge in [0.1, 0.15) is 24.0 Å². The minimum absolute atomic E-state index is 0.0142. The third-order valence-electron chi connectivity index (χ3n) is 2.37. The predicted molar refractivity (Wildman–Crippen MR) is 60.7 cm³/mol. The molecule has 1 unspecified atom stereocenters. The van der Waals surface area contributed by atoms with Gasteiger partial charge in [0.2, 0.25) is 5.91 Å². The monoisotopic (exact) mass is 221 g/mol. The van der Waals surface area contributed by atoms with Crippen LogP contribution in [0.4, 0.5) is 11.6 Å². The summed E-state index contributed by atoms with van der Waals surface area (Å²) in [6, 6.07) is 1.64. The van der Waals surface area contributed by atoms with Crippen LogP contribution in [-0.4, -0.2) is 28.0 Å². The van der Waals surface area contributed by atoms with Crippen LogP contribution in [-0.2, 0) is 4.79 Å². The fourth-order valence-electron chi connectivity index (χ4n) is 1.29. The maximum atomic E-state index is 11.6. The number of hydrogen-bond donors (Lipinski definition) is 3. The Balaban J connectivity index is 1.90. The molecule has 1 aliphatic carbocycles. The summed E-state index contributed by atoms with van der Waals surface area (Å²) in [5.74, 6) is 0.929. The summed E-state index contributed by atoms with van der Waals surface area (Å²) in [4.78, 5) is 19.4. The largest absolute Gasteiger partial charge is 0.384 e. The maximum Gasteiger partial charge on any atom is 0.242 e. The quantitative estimate of drug-likeness (QED) is 0.672. The summed E-state index contributed by atoms with van der Waals surface area (Å²) in [6.45, 7) is 1.79. The molecule has 16 heavy (non-hydrogen) atoms. The fraction of sp³-hybridized carbons (Fsp3) is 0.500. The standard InChI is InChI=1S/C10H15N5O/c1-6(10(16)15-7-2-3-7)14-9-4-8(11)12-5-13-9/h4-7H,2-3H2,1H3,(H,15,16)(H3,11,12,13,14). The van der Waals surface area contributed by atoms with Crippen molar-refractivity contribution in [3.63, 3.8) is 0 Å². The summed E-state index contributed by atoms with van der Waals surface area (Å²) in [5.41, 5.74) is 5.51. The first-order valence-electron chi connectivity index (χ1n) is 5.29. The van der Waals surface area contributed by atoms with Gasteiger partial charge in [0.05, 0.1) is 0 Å². The zero-order valence-electron chi connectivity index (χ0n) is 9.10. The molecule has 2 rings (SSSR count). The molecule has 0 bridgehead atoms. The summed E-state index contributed by atoms with van der Waals surface area (Å²) in [7, 11) is 0. The summed E-state index contributed by atoms with van der Waals surface area (Å²) >= 11 is 0. The maximum absolute atomic E-state index is 11.6. The van der Waals surface area contributed by atoms with E-state index in [-0.39, 0.29) is 11.9 Å². The van der Waals surface area contributed by atoms with Crippen molar-refractivity contribution in [3.8, 4) is 0 Å². The van der Waals surface area contributed by atoms with Crippen molar-refractivity contribution < 1.29 is 4.79 Å². The molecule has 0 radical (unpaired) electrons. The molecule has 1 atom stereocenters. The van der Waals surface area contributed by atoms with Crippen LogP contribution < -0.4 is 16.4 Å². The lowest BCUT2D eigenvalue weighted by molar-refractivity contribution is -0.121. The van der Waals surface area contributed by atoms with Crippen LogP contribution in [0.5, 0.6) is 0 Å². The van der Waals surface area contributed by atoms with Crippen molar-refractivity contribution in [2.75, 3.05) is 11.1 Å². The van der Waals surface area contributed by atoms with Gasteiger partial charge >= 0.3 is 0 Å². The third kappa shape index (κ3) is 2.82. The van der Waals surface area contributed by atoms with E-state index in [4.69, 9.17) is 5.73 Å². The molecule has 1 aliphatic rings. The summed E-state index contributed by atoms with van der Waals surface area (Å²) in [6.07, 6.45) is 3.53. The Morgan fingerprint density at radius 2 is 2.31 bits per heavy atom. The van der Waals surface area contributed by atoms with Crippen LogP contribution in [0.1, 0.15) is 19.8 Å². The van der Waals surface area contributed by atoms with Crippen LogP contribution in [0, 0.1) is 0 Å². The summed E-state index contributed by atoms with van der Waals surface area (Å²) < 4.78 is 0. The Morgan fingerprint density at radius 1 is 1.56 bits per heavy atom. The molecule has 1 amide bonds. The van der Waals surface area contributed by atoms with E-state index in [0.717, 1.165) is 12.8 Å². The van der Waals surface area contributed by atoms with Gasteiger partial charge in [-0.25, -0.2) is 9.97 Å². The molecule has 0 saturated heterocycles. The van der Waals surface area contributed by atoms with E-state index in [1.54, 1.807) is 13.0 Å². The van der Waals surface area contributed by atoms with Crippen molar-refractivity contribution in [2.24, 2.45) is 0 Å². The van der Waals surface area contributed by atoms with E-state index >= 15 is 0 Å². The number of nitrogens with zero attached hydrogens (tertiary/aromatic N) is 2. The second-order valence-electron chi connectivity index (χ2n) is 3.98. The Labute approximate surface area is 93.7 Å². The molecule has 1 saturated carbocycles. The Bertz CT molecular complexity index is 391. The highest BCUT2D eigenvalue weighted by molar-refractivity contribution is 5.84. The van der Waals surface area contributed by atoms with E-state index in [0.29, 0.717) is 17.7 Å². The molecular formula is C10H15N5O. The van der Waals surface area contributed by atoms with Crippen LogP contribution in [0.15, 0.2) is 12.4 Å². The molecule has 6 nitrogen and oxygen atoms in total. The average Bonchev–Trinajstić information content (AvgIpc) is 3.01. The number of anilines is 2. The van der Waals surface area contributed by atoms with Gasteiger partial charge in [0, 0.05) is 12.1 Å². The highest BCUT2D eigenvalue weighted by Gasteiger charge is 2.25. The third-order valence-corrected chi connectivity index (χ3v) is 2.37. The lowest BCUT2D eigenvalue weighted by Gasteiger charge is -2.14. The smallest absolute Gasteiger partial charge is 0.242 e. The second kappa shape index (κ2) is 4.34. The number of nitrogens with two attached hydrogens (primary N) is 1. The van der Waals surface area contributed by atoms with E-state index in [9.17, 15) is 4.79 Å². The van der Waals surface area contributed by atoms with E-state index < -0.39 is 0 Å².